The number of aliphatic imine (C=N–C) groups is 2. The third kappa shape index (κ3) is 10.9. The van der Waals surface area contributed by atoms with Gasteiger partial charge in [-0.25, -0.2) is 9.79 Å². The minimum absolute atomic E-state index is 0.0763. The number of hydrogen-bond donors (Lipinski definition) is 4. The molecule has 2 amide bonds. The van der Waals surface area contributed by atoms with Crippen LogP contribution in [0.1, 0.15) is 19.4 Å². The highest BCUT2D eigenvalue weighted by molar-refractivity contribution is 6.35. The van der Waals surface area contributed by atoms with Crippen molar-refractivity contribution < 1.29 is 28.5 Å². The molecule has 0 aliphatic carbocycles. The van der Waals surface area contributed by atoms with E-state index >= 15 is 0 Å². The number of ether oxygens (including phenoxy) is 4. The number of likely N-dealkylation sites (N-methyl/N-ethyl adjacent to an activating group) is 1. The molecule has 2 aliphatic heterocycles. The maximum atomic E-state index is 13.0. The topological polar surface area (TPSA) is 179 Å². The highest BCUT2D eigenvalue weighted by atomic mass is 35.5. The van der Waals surface area contributed by atoms with Crippen molar-refractivity contribution >= 4 is 71.3 Å². The first-order chi connectivity index (χ1) is 26.5. The number of hydrogen-bond acceptors (Lipinski definition) is 11. The number of carbonyl (C=O) groups excluding carboxylic acids is 2. The molecule has 3 unspecified atom stereocenters. The molecule has 4 atom stereocenters. The number of esters is 1. The fourth-order valence-corrected chi connectivity index (χ4v) is 6.67. The van der Waals surface area contributed by atoms with E-state index in [0.29, 0.717) is 27.0 Å². The minimum Gasteiger partial charge on any atom is -0.491 e. The Hall–Kier alpha value is -4.93. The van der Waals surface area contributed by atoms with Gasteiger partial charge < -0.3 is 45.1 Å². The quantitative estimate of drug-likeness (QED) is 0.0907. The lowest BCUT2D eigenvalue weighted by molar-refractivity contribution is -0.170. The van der Waals surface area contributed by atoms with Gasteiger partial charge in [0.15, 0.2) is 0 Å². The van der Waals surface area contributed by atoms with E-state index < -0.39 is 29.9 Å². The first kappa shape index (κ1) is 41.2. The van der Waals surface area contributed by atoms with Crippen LogP contribution in [0.3, 0.4) is 0 Å². The van der Waals surface area contributed by atoms with Crippen LogP contribution in [0.5, 0.6) is 5.75 Å². The van der Waals surface area contributed by atoms with Crippen molar-refractivity contribution in [1.82, 2.24) is 10.6 Å². The predicted octanol–water partition coefficient (Wildman–Crippen LogP) is 4.65. The smallest absolute Gasteiger partial charge is 0.327 e. The number of carbonyl (C=O) groups is 2. The molecule has 3 aromatic carbocycles. The molecule has 2 aliphatic rings. The van der Waals surface area contributed by atoms with Crippen LogP contribution in [0.2, 0.25) is 10.0 Å². The summed E-state index contributed by atoms with van der Waals surface area (Å²) in [7, 11) is 1.65. The van der Waals surface area contributed by atoms with Crippen molar-refractivity contribution in [2.24, 2.45) is 15.7 Å². The van der Waals surface area contributed by atoms with Gasteiger partial charge in [0.05, 0.1) is 49.1 Å². The molecule has 0 spiro atoms. The van der Waals surface area contributed by atoms with Crippen molar-refractivity contribution in [3.8, 4) is 5.75 Å². The summed E-state index contributed by atoms with van der Waals surface area (Å²) in [6, 6.07) is 19.7. The zero-order valence-corrected chi connectivity index (χ0v) is 32.5. The summed E-state index contributed by atoms with van der Waals surface area (Å²) in [5.41, 5.74) is 8.59. The average molecular weight is 797 g/mol. The molecule has 2 saturated heterocycles. The number of urea groups is 1. The van der Waals surface area contributed by atoms with Crippen molar-refractivity contribution in [3.63, 3.8) is 0 Å². The lowest BCUT2D eigenvalue weighted by Crippen LogP contribution is -2.48. The number of amides is 2. The standard InChI is InChI=1S/C38H47Cl2N9O6/c1-26(27(2)54-36(50)19-43-3)46-37(51)49(24-42)31-7-5-29(6-8-31)47-14-16-48(17-15-47)30-9-11-32(12-10-30)52-20-33-21-53-38(55-33,22-44-25-45-23-41)34-13-4-28(39)18-35(34)40/h4-13,18,23-27,33,42-43H,14-17,19-22H2,1-3H3,(H,46,51)(H2,41,44,45)/t26?,27?,33-,38?/m1/s1. The van der Waals surface area contributed by atoms with Crippen LogP contribution < -0.4 is 35.8 Å². The normalized spacial score (nSPS) is 19.7. The number of piperazine rings is 1. The lowest BCUT2D eigenvalue weighted by atomic mass is 10.1. The summed E-state index contributed by atoms with van der Waals surface area (Å²) in [6.45, 7) is 7.39. The Bertz CT molecular complexity index is 1810. The summed E-state index contributed by atoms with van der Waals surface area (Å²) < 4.78 is 24.0. The van der Waals surface area contributed by atoms with Crippen LogP contribution >= 0.6 is 23.2 Å². The first-order valence-corrected chi connectivity index (χ1v) is 18.6. The van der Waals surface area contributed by atoms with Gasteiger partial charge in [0.2, 0.25) is 5.79 Å². The van der Waals surface area contributed by atoms with Gasteiger partial charge in [0, 0.05) is 48.1 Å². The molecule has 55 heavy (non-hydrogen) atoms. The third-order valence-corrected chi connectivity index (χ3v) is 9.73. The van der Waals surface area contributed by atoms with Crippen molar-refractivity contribution in [1.29, 1.82) is 5.41 Å². The van der Waals surface area contributed by atoms with Gasteiger partial charge in [-0.3, -0.25) is 20.1 Å². The molecule has 0 saturated carbocycles. The van der Waals surface area contributed by atoms with Crippen LogP contribution in [-0.4, -0.2) is 109 Å². The van der Waals surface area contributed by atoms with E-state index in [1.807, 2.05) is 48.5 Å². The second kappa shape index (κ2) is 19.6. The summed E-state index contributed by atoms with van der Waals surface area (Å²) in [5, 5.41) is 14.3. The Morgan fingerprint density at radius 3 is 2.31 bits per heavy atom. The molecule has 2 fully saturated rings. The van der Waals surface area contributed by atoms with Crippen molar-refractivity contribution in [2.75, 3.05) is 74.2 Å². The van der Waals surface area contributed by atoms with E-state index in [1.165, 1.54) is 11.2 Å². The fraction of sp³-hybridized carbons (Fsp3) is 0.395. The van der Waals surface area contributed by atoms with Gasteiger partial charge >= 0.3 is 12.0 Å². The van der Waals surface area contributed by atoms with Crippen molar-refractivity contribution in [2.45, 2.75) is 37.9 Å². The maximum absolute atomic E-state index is 13.0. The van der Waals surface area contributed by atoms with E-state index in [-0.39, 0.29) is 32.4 Å². The number of rotatable bonds is 16. The molecular formula is C38H47Cl2N9O6. The molecule has 5 N–H and O–H groups in total. The SMILES string of the molecule is CNCC(=O)OC(C)C(C)NC(=O)N(C=N)c1ccc(N2CCN(c3ccc(OC[C@@H]4COC(CN=CN=CN)(c5ccc(Cl)cc5Cl)O4)cc3)CC2)cc1. The van der Waals surface area contributed by atoms with Crippen LogP contribution in [0.4, 0.5) is 21.9 Å². The number of anilines is 3. The number of benzene rings is 3. The lowest BCUT2D eigenvalue weighted by Gasteiger charge is -2.37. The highest BCUT2D eigenvalue weighted by Gasteiger charge is 2.45. The highest BCUT2D eigenvalue weighted by Crippen LogP contribution is 2.39. The second-order valence-corrected chi connectivity index (χ2v) is 13.8. The van der Waals surface area contributed by atoms with Crippen LogP contribution in [0.25, 0.3) is 0 Å². The molecule has 2 heterocycles. The average Bonchev–Trinajstić information content (AvgIpc) is 3.60. The molecule has 15 nitrogen and oxygen atoms in total. The molecule has 0 radical (unpaired) electrons. The predicted molar refractivity (Wildman–Crippen MR) is 217 cm³/mol. The zero-order chi connectivity index (χ0) is 39.4. The summed E-state index contributed by atoms with van der Waals surface area (Å²) in [6.07, 6.45) is 2.51. The number of nitrogens with two attached hydrogens (primary N) is 1. The molecule has 5 rings (SSSR count). The van der Waals surface area contributed by atoms with E-state index in [9.17, 15) is 9.59 Å². The van der Waals surface area contributed by atoms with Crippen LogP contribution in [0.15, 0.2) is 76.7 Å². The Labute approximate surface area is 330 Å². The molecule has 0 aromatic heterocycles. The zero-order valence-electron chi connectivity index (χ0n) is 31.0. The monoisotopic (exact) mass is 795 g/mol. The Balaban J connectivity index is 1.10. The summed E-state index contributed by atoms with van der Waals surface area (Å²) in [4.78, 5) is 38.7. The fourth-order valence-electron chi connectivity index (χ4n) is 6.12. The molecular weight excluding hydrogens is 749 g/mol. The molecule has 294 valence electrons. The van der Waals surface area contributed by atoms with Gasteiger partial charge in [-0.05, 0) is 81.6 Å². The number of halogens is 2. The Kier molecular flexibility index (Phi) is 14.7. The Morgan fingerprint density at radius 1 is 1.05 bits per heavy atom. The van der Waals surface area contributed by atoms with E-state index in [2.05, 4.69) is 30.4 Å². The molecule has 0 bridgehead atoms. The summed E-state index contributed by atoms with van der Waals surface area (Å²) in [5.74, 6) is -0.940. The van der Waals surface area contributed by atoms with Gasteiger partial charge in [-0.1, -0.05) is 29.3 Å². The largest absolute Gasteiger partial charge is 0.491 e. The van der Waals surface area contributed by atoms with Gasteiger partial charge in [0.25, 0.3) is 0 Å². The molecule has 17 heteroatoms. The van der Waals surface area contributed by atoms with E-state index in [4.69, 9.17) is 53.3 Å². The minimum atomic E-state index is -1.23. The van der Waals surface area contributed by atoms with Crippen LogP contribution in [0, 0.1) is 5.41 Å². The second-order valence-electron chi connectivity index (χ2n) is 12.9. The van der Waals surface area contributed by atoms with E-state index in [1.54, 1.807) is 39.1 Å². The van der Waals surface area contributed by atoms with Crippen molar-refractivity contribution in [3.05, 3.63) is 82.3 Å². The van der Waals surface area contributed by atoms with E-state index in [0.717, 1.165) is 50.2 Å². The maximum Gasteiger partial charge on any atom is 0.327 e. The third-order valence-electron chi connectivity index (χ3n) is 9.19. The number of nitrogens with zero attached hydrogens (tertiary/aromatic N) is 5. The number of nitrogens with one attached hydrogen (secondary N) is 3. The van der Waals surface area contributed by atoms with Gasteiger partial charge in [-0.2, -0.15) is 0 Å². The Morgan fingerprint density at radius 2 is 1.71 bits per heavy atom. The molecule has 3 aromatic rings. The summed E-state index contributed by atoms with van der Waals surface area (Å²) >= 11 is 12.7. The van der Waals surface area contributed by atoms with Crippen LogP contribution in [-0.2, 0) is 24.8 Å². The van der Waals surface area contributed by atoms with Gasteiger partial charge in [-0.15, -0.1) is 0 Å². The van der Waals surface area contributed by atoms with Gasteiger partial charge in [0.1, 0.15) is 30.9 Å². The first-order valence-electron chi connectivity index (χ1n) is 17.8.